The third kappa shape index (κ3) is 6.09. The molecule has 2 aromatic carbocycles. The number of ether oxygens (including phenoxy) is 1. The van der Waals surface area contributed by atoms with E-state index in [2.05, 4.69) is 0 Å². The Morgan fingerprint density at radius 1 is 1.10 bits per heavy atom. The highest BCUT2D eigenvalue weighted by molar-refractivity contribution is 7.92. The number of benzene rings is 2. The van der Waals surface area contributed by atoms with Gasteiger partial charge in [0.25, 0.3) is 0 Å². The summed E-state index contributed by atoms with van der Waals surface area (Å²) in [7, 11) is -3.72. The van der Waals surface area contributed by atoms with E-state index in [1.807, 2.05) is 0 Å². The van der Waals surface area contributed by atoms with Gasteiger partial charge in [-0.3, -0.25) is 14.3 Å². The highest BCUT2D eigenvalue weighted by Gasteiger charge is 2.30. The zero-order chi connectivity index (χ0) is 21.8. The summed E-state index contributed by atoms with van der Waals surface area (Å²) in [5.74, 6) is -1.10. The molecule has 11 heteroatoms. The molecule has 0 saturated heterocycles. The number of carbonyl (C=O) groups excluding carboxylic acids is 1. The summed E-state index contributed by atoms with van der Waals surface area (Å²) in [4.78, 5) is 11.5. The molecule has 2 N–H and O–H groups in total. The molecule has 2 rings (SSSR count). The highest BCUT2D eigenvalue weighted by Crippen LogP contribution is 2.32. The molecule has 7 nitrogen and oxygen atoms in total. The van der Waals surface area contributed by atoms with Gasteiger partial charge in [0.2, 0.25) is 15.9 Å². The number of hydrogen-bond donors (Lipinski definition) is 2. The van der Waals surface area contributed by atoms with Crippen LogP contribution in [0.25, 0.3) is 0 Å². The lowest BCUT2D eigenvalue weighted by molar-refractivity contribution is -0.137. The Kier molecular flexibility index (Phi) is 6.75. The first-order chi connectivity index (χ1) is 13.4. The summed E-state index contributed by atoms with van der Waals surface area (Å²) in [5.41, 5.74) is 0.925. The van der Waals surface area contributed by atoms with Crippen LogP contribution in [-0.2, 0) is 21.0 Å². The number of nitrogens with zero attached hydrogens (tertiary/aromatic N) is 1. The summed E-state index contributed by atoms with van der Waals surface area (Å²) in [6.45, 7) is 1.25. The van der Waals surface area contributed by atoms with Crippen molar-refractivity contribution in [3.05, 3.63) is 54.1 Å². The molecule has 1 amide bonds. The molecule has 0 aromatic heterocycles. The fourth-order valence-electron chi connectivity index (χ4n) is 2.40. The lowest BCUT2D eigenvalue weighted by atomic mass is 10.1. The van der Waals surface area contributed by atoms with Gasteiger partial charge in [-0.25, -0.2) is 13.9 Å². The third-order valence-corrected chi connectivity index (χ3v) is 5.10. The van der Waals surface area contributed by atoms with Crippen LogP contribution in [0.15, 0.2) is 48.5 Å². The number of sulfonamides is 1. The Labute approximate surface area is 165 Å². The molecule has 29 heavy (non-hydrogen) atoms. The molecule has 0 saturated carbocycles. The fourth-order valence-corrected chi connectivity index (χ4v) is 3.40. The molecule has 0 heterocycles. The Morgan fingerprint density at radius 2 is 1.59 bits per heavy atom. The molecule has 1 atom stereocenters. The van der Waals surface area contributed by atoms with E-state index in [4.69, 9.17) is 9.94 Å². The second-order valence-electron chi connectivity index (χ2n) is 6.29. The molecule has 0 fully saturated rings. The van der Waals surface area contributed by atoms with Gasteiger partial charge in [-0.15, -0.1) is 0 Å². The Bertz CT molecular complexity index is 945. The summed E-state index contributed by atoms with van der Waals surface area (Å²) >= 11 is 0. The first kappa shape index (κ1) is 22.5. The average molecular weight is 432 g/mol. The fraction of sp³-hybridized carbons (Fsp3) is 0.278. The van der Waals surface area contributed by atoms with E-state index in [0.29, 0.717) is 0 Å². The summed E-state index contributed by atoms with van der Waals surface area (Å²) in [6, 6.07) is 9.90. The predicted octanol–water partition coefficient (Wildman–Crippen LogP) is 3.41. The van der Waals surface area contributed by atoms with Crippen LogP contribution in [0.3, 0.4) is 0 Å². The van der Waals surface area contributed by atoms with Crippen LogP contribution in [0.1, 0.15) is 12.5 Å². The van der Waals surface area contributed by atoms with Crippen LogP contribution in [0.4, 0.5) is 18.9 Å². The van der Waals surface area contributed by atoms with Gasteiger partial charge in [-0.2, -0.15) is 13.2 Å². The SMILES string of the molecule is C[C@@H](CN(c1ccc(Oc2ccc(C(F)(F)F)cc2)cc1)S(C)(=O)=O)C(=O)NO. The Balaban J connectivity index is 2.17. The molecule has 0 aliphatic carbocycles. The van der Waals surface area contributed by atoms with Crippen LogP contribution in [-0.4, -0.2) is 32.3 Å². The van der Waals surface area contributed by atoms with Gasteiger partial charge in [0.1, 0.15) is 11.5 Å². The second-order valence-corrected chi connectivity index (χ2v) is 8.20. The topological polar surface area (TPSA) is 95.9 Å². The molecule has 0 spiro atoms. The molecule has 158 valence electrons. The maximum absolute atomic E-state index is 12.6. The lowest BCUT2D eigenvalue weighted by Gasteiger charge is -2.25. The van der Waals surface area contributed by atoms with Crippen molar-refractivity contribution < 1.29 is 36.3 Å². The minimum Gasteiger partial charge on any atom is -0.457 e. The quantitative estimate of drug-likeness (QED) is 0.516. The number of amides is 1. The molecule has 2 aromatic rings. The lowest BCUT2D eigenvalue weighted by Crippen LogP contribution is -2.39. The van der Waals surface area contributed by atoms with Crippen molar-refractivity contribution in [1.82, 2.24) is 5.48 Å². The van der Waals surface area contributed by atoms with Crippen LogP contribution in [0, 0.1) is 5.92 Å². The minimum atomic E-state index is -4.45. The Hall–Kier alpha value is -2.79. The third-order valence-electron chi connectivity index (χ3n) is 3.94. The first-order valence-corrected chi connectivity index (χ1v) is 10.1. The van der Waals surface area contributed by atoms with Gasteiger partial charge < -0.3 is 4.74 Å². The van der Waals surface area contributed by atoms with Crippen molar-refractivity contribution in [3.8, 4) is 11.5 Å². The number of rotatable bonds is 7. The smallest absolute Gasteiger partial charge is 0.416 e. The Morgan fingerprint density at radius 3 is 2.00 bits per heavy atom. The number of nitrogens with one attached hydrogen (secondary N) is 1. The minimum absolute atomic E-state index is 0.180. The predicted molar refractivity (Wildman–Crippen MR) is 99.2 cm³/mol. The number of hydroxylamine groups is 1. The van der Waals surface area contributed by atoms with Gasteiger partial charge >= 0.3 is 6.18 Å². The standard InChI is InChI=1S/C18H19F3N2O5S/c1-12(17(24)22-25)11-23(29(2,26)27)14-5-9-16(10-6-14)28-15-7-3-13(4-8-15)18(19,20)21/h3-10,12,25H,11H2,1-2H3,(H,22,24)/t12-/m0/s1. The van der Waals surface area contributed by atoms with E-state index < -0.39 is 33.6 Å². The zero-order valence-corrected chi connectivity index (χ0v) is 16.3. The molecular formula is C18H19F3N2O5S. The average Bonchev–Trinajstić information content (AvgIpc) is 2.65. The number of carbonyl (C=O) groups is 1. The van der Waals surface area contributed by atoms with E-state index in [0.717, 1.165) is 22.7 Å². The summed E-state index contributed by atoms with van der Waals surface area (Å²) in [5, 5.41) is 8.68. The highest BCUT2D eigenvalue weighted by atomic mass is 32.2. The molecule has 0 radical (unpaired) electrons. The largest absolute Gasteiger partial charge is 0.457 e. The van der Waals surface area contributed by atoms with E-state index >= 15 is 0 Å². The zero-order valence-electron chi connectivity index (χ0n) is 15.5. The number of anilines is 1. The summed E-state index contributed by atoms with van der Waals surface area (Å²) < 4.78 is 68.4. The van der Waals surface area contributed by atoms with E-state index in [-0.39, 0.29) is 23.7 Å². The first-order valence-electron chi connectivity index (χ1n) is 8.28. The normalized spacial score (nSPS) is 12.9. The molecule has 0 bridgehead atoms. The molecular weight excluding hydrogens is 413 g/mol. The van der Waals surface area contributed by atoms with Crippen molar-refractivity contribution in [2.75, 3.05) is 17.1 Å². The monoisotopic (exact) mass is 432 g/mol. The van der Waals surface area contributed by atoms with Crippen LogP contribution in [0.5, 0.6) is 11.5 Å². The van der Waals surface area contributed by atoms with Crippen LogP contribution >= 0.6 is 0 Å². The van der Waals surface area contributed by atoms with Crippen molar-refractivity contribution in [2.24, 2.45) is 5.92 Å². The van der Waals surface area contributed by atoms with Gasteiger partial charge in [-0.1, -0.05) is 6.92 Å². The summed E-state index contributed by atoms with van der Waals surface area (Å²) in [6.07, 6.45) is -3.47. The maximum Gasteiger partial charge on any atom is 0.416 e. The van der Waals surface area contributed by atoms with E-state index in [1.165, 1.54) is 48.8 Å². The van der Waals surface area contributed by atoms with Crippen molar-refractivity contribution in [1.29, 1.82) is 0 Å². The maximum atomic E-state index is 12.6. The van der Waals surface area contributed by atoms with Gasteiger partial charge in [-0.05, 0) is 48.5 Å². The van der Waals surface area contributed by atoms with Crippen molar-refractivity contribution in [3.63, 3.8) is 0 Å². The number of halogens is 3. The second kappa shape index (κ2) is 8.70. The van der Waals surface area contributed by atoms with Crippen molar-refractivity contribution in [2.45, 2.75) is 13.1 Å². The van der Waals surface area contributed by atoms with Gasteiger partial charge in [0, 0.05) is 6.54 Å². The number of alkyl halides is 3. The van der Waals surface area contributed by atoms with Gasteiger partial charge in [0.15, 0.2) is 0 Å². The van der Waals surface area contributed by atoms with Crippen LogP contribution in [0.2, 0.25) is 0 Å². The van der Waals surface area contributed by atoms with E-state index in [1.54, 1.807) is 0 Å². The molecule has 0 aliphatic rings. The van der Waals surface area contributed by atoms with E-state index in [9.17, 15) is 26.4 Å². The molecule has 0 aliphatic heterocycles. The number of hydrogen-bond acceptors (Lipinski definition) is 5. The van der Waals surface area contributed by atoms with Crippen LogP contribution < -0.4 is 14.5 Å². The van der Waals surface area contributed by atoms with Crippen molar-refractivity contribution >= 4 is 21.6 Å². The van der Waals surface area contributed by atoms with Gasteiger partial charge in [0.05, 0.1) is 23.4 Å². The molecule has 0 unspecified atom stereocenters.